The Kier molecular flexibility index (Phi) is 7.89. The molecule has 0 saturated carbocycles. The van der Waals surface area contributed by atoms with E-state index in [1.54, 1.807) is 35.5 Å². The van der Waals surface area contributed by atoms with Gasteiger partial charge >= 0.3 is 0 Å². The number of pyridine rings is 1. The highest BCUT2D eigenvalue weighted by atomic mass is 79.9. The van der Waals surface area contributed by atoms with Crippen molar-refractivity contribution in [3.05, 3.63) is 57.2 Å². The van der Waals surface area contributed by atoms with Gasteiger partial charge in [0.2, 0.25) is 5.91 Å². The Morgan fingerprint density at radius 1 is 1.18 bits per heavy atom. The zero-order valence-corrected chi connectivity index (χ0v) is 21.1. The van der Waals surface area contributed by atoms with Crippen LogP contribution in [0.25, 0.3) is 6.08 Å². The predicted molar refractivity (Wildman–Crippen MR) is 132 cm³/mol. The minimum atomic E-state index is -0.464. The number of hydrogen-bond acceptors (Lipinski definition) is 7. The van der Waals surface area contributed by atoms with Crippen LogP contribution in [0.2, 0.25) is 0 Å². The van der Waals surface area contributed by atoms with Gasteiger partial charge < -0.3 is 14.4 Å². The third-order valence-corrected chi connectivity index (χ3v) is 7.05. The largest absolute Gasteiger partial charge is 0.493 e. The number of aromatic nitrogens is 1. The second-order valence-electron chi connectivity index (χ2n) is 7.89. The maximum Gasteiger partial charge on any atom is 0.294 e. The van der Waals surface area contributed by atoms with E-state index in [1.165, 1.54) is 7.11 Å². The number of rotatable bonds is 7. The van der Waals surface area contributed by atoms with Gasteiger partial charge in [0.25, 0.3) is 11.1 Å². The van der Waals surface area contributed by atoms with Gasteiger partial charge in [-0.2, -0.15) is 0 Å². The number of halogens is 1. The van der Waals surface area contributed by atoms with Crippen LogP contribution in [-0.4, -0.2) is 58.6 Å². The Morgan fingerprint density at radius 2 is 1.91 bits per heavy atom. The second-order valence-corrected chi connectivity index (χ2v) is 9.74. The Morgan fingerprint density at radius 3 is 2.62 bits per heavy atom. The molecule has 2 aliphatic heterocycles. The van der Waals surface area contributed by atoms with E-state index in [0.717, 1.165) is 41.5 Å². The number of benzene rings is 1. The number of nitrogens with zero attached hydrogens (tertiary/aromatic N) is 3. The number of methoxy groups -OCH3 is 1. The van der Waals surface area contributed by atoms with Gasteiger partial charge in [0.1, 0.15) is 13.2 Å². The molecule has 2 aromatic rings. The number of hydrogen-bond donors (Lipinski definition) is 0. The number of piperidine rings is 1. The fourth-order valence-electron chi connectivity index (χ4n) is 3.76. The molecule has 0 radical (unpaired) electrons. The molecule has 0 atom stereocenters. The van der Waals surface area contributed by atoms with Gasteiger partial charge in [-0.05, 0) is 88.4 Å². The number of imide groups is 1. The molecule has 2 saturated heterocycles. The number of ether oxygens (including phenoxy) is 2. The zero-order chi connectivity index (χ0) is 24.1. The molecule has 0 aliphatic carbocycles. The Hall–Kier alpha value is -2.85. The molecule has 1 aromatic heterocycles. The minimum Gasteiger partial charge on any atom is -0.493 e. The molecule has 8 nitrogen and oxygen atoms in total. The van der Waals surface area contributed by atoms with Gasteiger partial charge in [-0.25, -0.2) is 0 Å². The first-order chi connectivity index (χ1) is 16.5. The van der Waals surface area contributed by atoms with E-state index >= 15 is 0 Å². The van der Waals surface area contributed by atoms with Crippen molar-refractivity contribution in [3.8, 4) is 11.5 Å². The molecule has 2 aliphatic rings. The molecule has 2 fully saturated rings. The molecule has 10 heteroatoms. The lowest BCUT2D eigenvalue weighted by molar-refractivity contribution is -0.136. The van der Waals surface area contributed by atoms with Crippen molar-refractivity contribution in [1.82, 2.24) is 14.8 Å². The van der Waals surface area contributed by atoms with Crippen molar-refractivity contribution in [2.24, 2.45) is 0 Å². The molecule has 34 heavy (non-hydrogen) atoms. The fourth-order valence-corrected chi connectivity index (χ4v) is 5.18. The van der Waals surface area contributed by atoms with E-state index in [1.807, 2.05) is 12.1 Å². The summed E-state index contributed by atoms with van der Waals surface area (Å²) < 4.78 is 12.1. The van der Waals surface area contributed by atoms with E-state index in [0.29, 0.717) is 41.2 Å². The molecule has 0 N–H and O–H groups in total. The van der Waals surface area contributed by atoms with E-state index in [-0.39, 0.29) is 17.4 Å². The Labute approximate surface area is 210 Å². The van der Waals surface area contributed by atoms with Crippen LogP contribution in [0.1, 0.15) is 30.4 Å². The van der Waals surface area contributed by atoms with Crippen molar-refractivity contribution in [2.75, 3.05) is 26.7 Å². The lowest BCUT2D eigenvalue weighted by atomic mass is 10.1. The van der Waals surface area contributed by atoms with E-state index in [9.17, 15) is 14.4 Å². The molecule has 1 aromatic carbocycles. The van der Waals surface area contributed by atoms with E-state index < -0.39 is 11.1 Å². The van der Waals surface area contributed by atoms with E-state index in [4.69, 9.17) is 9.47 Å². The highest BCUT2D eigenvalue weighted by Gasteiger charge is 2.37. The van der Waals surface area contributed by atoms with Crippen molar-refractivity contribution < 1.29 is 23.9 Å². The fraction of sp³-hybridized carbons (Fsp3) is 0.333. The number of likely N-dealkylation sites (tertiary alicyclic amines) is 1. The minimum absolute atomic E-state index is 0.191. The SMILES string of the molecule is COc1cc(/C=C2\SC(=O)N(CC(=O)N3CCCCC3)C2=O)cc(Br)c1OCc1ccncc1. The third-order valence-electron chi connectivity index (χ3n) is 5.56. The van der Waals surface area contributed by atoms with Gasteiger partial charge in [0.05, 0.1) is 16.5 Å². The third kappa shape index (κ3) is 5.61. The molecule has 0 bridgehead atoms. The first kappa shape index (κ1) is 24.3. The quantitative estimate of drug-likeness (QED) is 0.473. The van der Waals surface area contributed by atoms with Crippen LogP contribution < -0.4 is 9.47 Å². The summed E-state index contributed by atoms with van der Waals surface area (Å²) in [7, 11) is 1.53. The summed E-state index contributed by atoms with van der Waals surface area (Å²) in [5.74, 6) is 0.350. The number of carbonyl (C=O) groups excluding carboxylic acids is 3. The first-order valence-corrected chi connectivity index (χ1v) is 12.5. The Bertz CT molecular complexity index is 1120. The van der Waals surface area contributed by atoms with Crippen molar-refractivity contribution in [2.45, 2.75) is 25.9 Å². The van der Waals surface area contributed by atoms with Gasteiger partial charge in [-0.15, -0.1) is 0 Å². The zero-order valence-electron chi connectivity index (χ0n) is 18.7. The first-order valence-electron chi connectivity index (χ1n) is 10.9. The maximum absolute atomic E-state index is 12.9. The molecule has 0 unspecified atom stereocenters. The average Bonchev–Trinajstić information content (AvgIpc) is 3.11. The van der Waals surface area contributed by atoms with Crippen LogP contribution in [0.3, 0.4) is 0 Å². The van der Waals surface area contributed by atoms with Gasteiger partial charge in [0.15, 0.2) is 11.5 Å². The summed E-state index contributed by atoms with van der Waals surface area (Å²) in [5.41, 5.74) is 1.62. The van der Waals surface area contributed by atoms with Crippen molar-refractivity contribution in [1.29, 1.82) is 0 Å². The monoisotopic (exact) mass is 545 g/mol. The lowest BCUT2D eigenvalue weighted by Gasteiger charge is -2.27. The highest BCUT2D eigenvalue weighted by Crippen LogP contribution is 2.39. The molecule has 0 spiro atoms. The van der Waals surface area contributed by atoms with Gasteiger partial charge in [-0.3, -0.25) is 24.3 Å². The average molecular weight is 546 g/mol. The molecule has 3 heterocycles. The van der Waals surface area contributed by atoms with Gasteiger partial charge in [0, 0.05) is 25.5 Å². The molecule has 178 valence electrons. The topological polar surface area (TPSA) is 89.0 Å². The molecular formula is C24H24BrN3O5S. The predicted octanol–water partition coefficient (Wildman–Crippen LogP) is 4.48. The summed E-state index contributed by atoms with van der Waals surface area (Å²) >= 11 is 4.34. The summed E-state index contributed by atoms with van der Waals surface area (Å²) in [6.07, 6.45) is 8.01. The van der Waals surface area contributed by atoms with Crippen LogP contribution >= 0.6 is 27.7 Å². The van der Waals surface area contributed by atoms with Crippen LogP contribution in [0.5, 0.6) is 11.5 Å². The summed E-state index contributed by atoms with van der Waals surface area (Å²) in [6, 6.07) is 7.25. The highest BCUT2D eigenvalue weighted by molar-refractivity contribution is 9.10. The summed E-state index contributed by atoms with van der Waals surface area (Å²) in [5, 5.41) is -0.440. The van der Waals surface area contributed by atoms with Crippen LogP contribution in [0, 0.1) is 0 Å². The summed E-state index contributed by atoms with van der Waals surface area (Å²) in [6.45, 7) is 1.46. The second kappa shape index (κ2) is 11.1. The van der Waals surface area contributed by atoms with E-state index in [2.05, 4.69) is 20.9 Å². The van der Waals surface area contributed by atoms with Crippen LogP contribution in [-0.2, 0) is 16.2 Å². The van der Waals surface area contributed by atoms with Gasteiger partial charge in [-0.1, -0.05) is 0 Å². The van der Waals surface area contributed by atoms with Crippen molar-refractivity contribution >= 4 is 50.8 Å². The molecule has 4 rings (SSSR count). The normalized spacial score (nSPS) is 17.4. The Balaban J connectivity index is 1.48. The van der Waals surface area contributed by atoms with Crippen LogP contribution in [0.4, 0.5) is 4.79 Å². The smallest absolute Gasteiger partial charge is 0.294 e. The van der Waals surface area contributed by atoms with Crippen molar-refractivity contribution in [3.63, 3.8) is 0 Å². The van der Waals surface area contributed by atoms with Crippen LogP contribution in [0.15, 0.2) is 46.0 Å². The summed E-state index contributed by atoms with van der Waals surface area (Å²) in [4.78, 5) is 44.9. The maximum atomic E-state index is 12.9. The number of thioether (sulfide) groups is 1. The molecular weight excluding hydrogens is 522 g/mol. The number of amides is 3. The number of carbonyl (C=O) groups is 3. The lowest BCUT2D eigenvalue weighted by Crippen LogP contribution is -2.44. The standard InChI is InChI=1S/C24H24BrN3O5S/c1-32-19-12-17(11-18(25)22(19)33-15-16-5-7-26-8-6-16)13-20-23(30)28(24(31)34-20)14-21(29)27-9-3-2-4-10-27/h5-8,11-13H,2-4,9-10,14-15H2,1H3/b20-13-. The molecule has 3 amide bonds.